The standard InChI is InChI=1S/C16H20BrN3O/c1-3-4-21-15-8-13(9-19-10-15)16(20-18)12-5-11(2)6-14(17)7-12/h5-10,16,20H,3-4,18H2,1-2H3. The first-order valence-corrected chi connectivity index (χ1v) is 7.74. The van der Waals surface area contributed by atoms with Crippen molar-refractivity contribution in [2.75, 3.05) is 6.61 Å². The van der Waals surface area contributed by atoms with E-state index in [0.29, 0.717) is 6.61 Å². The first-order valence-electron chi connectivity index (χ1n) is 6.95. The van der Waals surface area contributed by atoms with Gasteiger partial charge in [-0.1, -0.05) is 28.9 Å². The molecular formula is C16H20BrN3O. The summed E-state index contributed by atoms with van der Waals surface area (Å²) in [5.74, 6) is 6.52. The molecular weight excluding hydrogens is 330 g/mol. The summed E-state index contributed by atoms with van der Waals surface area (Å²) < 4.78 is 6.67. The maximum absolute atomic E-state index is 5.75. The fraction of sp³-hybridized carbons (Fsp3) is 0.312. The highest BCUT2D eigenvalue weighted by Gasteiger charge is 2.14. The van der Waals surface area contributed by atoms with Crippen LogP contribution in [0.1, 0.15) is 36.1 Å². The van der Waals surface area contributed by atoms with Crippen molar-refractivity contribution in [1.29, 1.82) is 0 Å². The van der Waals surface area contributed by atoms with Crippen molar-refractivity contribution >= 4 is 15.9 Å². The van der Waals surface area contributed by atoms with Gasteiger partial charge in [-0.25, -0.2) is 5.43 Å². The number of pyridine rings is 1. The summed E-state index contributed by atoms with van der Waals surface area (Å²) >= 11 is 3.52. The minimum absolute atomic E-state index is 0.126. The Morgan fingerprint density at radius 3 is 2.71 bits per heavy atom. The number of nitrogens with one attached hydrogen (secondary N) is 1. The summed E-state index contributed by atoms with van der Waals surface area (Å²) in [5, 5.41) is 0. The second-order valence-electron chi connectivity index (χ2n) is 4.96. The van der Waals surface area contributed by atoms with Crippen LogP contribution in [0.4, 0.5) is 0 Å². The molecule has 1 aromatic carbocycles. The number of aromatic nitrogens is 1. The summed E-state index contributed by atoms with van der Waals surface area (Å²) in [6, 6.07) is 8.07. The normalized spacial score (nSPS) is 12.2. The zero-order chi connectivity index (χ0) is 15.2. The maximum Gasteiger partial charge on any atom is 0.137 e. The van der Waals surface area contributed by atoms with Gasteiger partial charge in [0.2, 0.25) is 0 Å². The van der Waals surface area contributed by atoms with E-state index in [1.54, 1.807) is 12.4 Å². The van der Waals surface area contributed by atoms with E-state index in [-0.39, 0.29) is 6.04 Å². The lowest BCUT2D eigenvalue weighted by Crippen LogP contribution is -2.29. The third-order valence-corrected chi connectivity index (χ3v) is 3.56. The van der Waals surface area contributed by atoms with Gasteiger partial charge >= 0.3 is 0 Å². The number of aryl methyl sites for hydroxylation is 1. The lowest BCUT2D eigenvalue weighted by molar-refractivity contribution is 0.315. The molecule has 0 saturated carbocycles. The van der Waals surface area contributed by atoms with Crippen LogP contribution < -0.4 is 16.0 Å². The van der Waals surface area contributed by atoms with E-state index < -0.39 is 0 Å². The fourth-order valence-corrected chi connectivity index (χ4v) is 2.83. The van der Waals surface area contributed by atoms with Crippen molar-refractivity contribution in [3.8, 4) is 5.75 Å². The van der Waals surface area contributed by atoms with Crippen molar-refractivity contribution < 1.29 is 4.74 Å². The van der Waals surface area contributed by atoms with Crippen molar-refractivity contribution in [1.82, 2.24) is 10.4 Å². The number of halogens is 1. The first-order chi connectivity index (χ1) is 10.1. The van der Waals surface area contributed by atoms with Crippen LogP contribution in [0.2, 0.25) is 0 Å². The number of hydrogen-bond donors (Lipinski definition) is 2. The topological polar surface area (TPSA) is 60.2 Å². The van der Waals surface area contributed by atoms with Gasteiger partial charge in [-0.2, -0.15) is 0 Å². The summed E-state index contributed by atoms with van der Waals surface area (Å²) in [7, 11) is 0. The van der Waals surface area contributed by atoms with Crippen molar-refractivity contribution in [2.45, 2.75) is 26.3 Å². The second-order valence-corrected chi connectivity index (χ2v) is 5.88. The Morgan fingerprint density at radius 2 is 2.05 bits per heavy atom. The summed E-state index contributed by atoms with van der Waals surface area (Å²) in [6.45, 7) is 4.81. The first kappa shape index (κ1) is 15.9. The molecule has 21 heavy (non-hydrogen) atoms. The van der Waals surface area contributed by atoms with Gasteiger partial charge in [0, 0.05) is 10.7 Å². The van der Waals surface area contributed by atoms with Crippen LogP contribution in [-0.2, 0) is 0 Å². The Balaban J connectivity index is 2.32. The van der Waals surface area contributed by atoms with Gasteiger partial charge in [-0.15, -0.1) is 0 Å². The van der Waals surface area contributed by atoms with E-state index in [4.69, 9.17) is 10.6 Å². The molecule has 1 atom stereocenters. The number of rotatable bonds is 6. The Hall–Kier alpha value is -1.43. The van der Waals surface area contributed by atoms with Gasteiger partial charge < -0.3 is 4.74 Å². The highest BCUT2D eigenvalue weighted by molar-refractivity contribution is 9.10. The molecule has 1 aromatic heterocycles. The van der Waals surface area contributed by atoms with Gasteiger partial charge in [-0.3, -0.25) is 10.8 Å². The molecule has 0 amide bonds. The van der Waals surface area contributed by atoms with Gasteiger partial charge in [-0.05, 0) is 48.2 Å². The van der Waals surface area contributed by atoms with Gasteiger partial charge in [0.1, 0.15) is 5.75 Å². The molecule has 0 spiro atoms. The smallest absolute Gasteiger partial charge is 0.137 e. The van der Waals surface area contributed by atoms with E-state index in [1.165, 1.54) is 5.56 Å². The average Bonchev–Trinajstić information content (AvgIpc) is 2.45. The summed E-state index contributed by atoms with van der Waals surface area (Å²) in [6.07, 6.45) is 4.49. The summed E-state index contributed by atoms with van der Waals surface area (Å²) in [4.78, 5) is 4.24. The van der Waals surface area contributed by atoms with E-state index >= 15 is 0 Å². The highest BCUT2D eigenvalue weighted by atomic mass is 79.9. The molecule has 0 aliphatic carbocycles. The molecule has 0 fully saturated rings. The third kappa shape index (κ3) is 4.27. The fourth-order valence-electron chi connectivity index (χ4n) is 2.21. The van der Waals surface area contributed by atoms with Crippen LogP contribution in [0.3, 0.4) is 0 Å². The van der Waals surface area contributed by atoms with Crippen LogP contribution in [0.15, 0.2) is 41.1 Å². The number of hydrogen-bond acceptors (Lipinski definition) is 4. The van der Waals surface area contributed by atoms with Crippen LogP contribution >= 0.6 is 15.9 Å². The molecule has 2 rings (SSSR count). The van der Waals surface area contributed by atoms with Crippen molar-refractivity contribution in [3.63, 3.8) is 0 Å². The number of nitrogens with zero attached hydrogens (tertiary/aromatic N) is 1. The van der Waals surface area contributed by atoms with Gasteiger partial charge in [0.15, 0.2) is 0 Å². The van der Waals surface area contributed by atoms with Crippen molar-refractivity contribution in [3.05, 3.63) is 57.8 Å². The van der Waals surface area contributed by atoms with Gasteiger partial charge in [0.25, 0.3) is 0 Å². The quantitative estimate of drug-likeness (QED) is 0.618. The predicted octanol–water partition coefficient (Wildman–Crippen LogP) is 3.49. The average molecular weight is 350 g/mol. The molecule has 4 nitrogen and oxygen atoms in total. The molecule has 5 heteroatoms. The number of benzene rings is 1. The molecule has 0 bridgehead atoms. The van der Waals surface area contributed by atoms with Crippen LogP contribution in [0.5, 0.6) is 5.75 Å². The molecule has 2 aromatic rings. The molecule has 3 N–H and O–H groups in total. The van der Waals surface area contributed by atoms with Crippen LogP contribution in [0.25, 0.3) is 0 Å². The highest BCUT2D eigenvalue weighted by Crippen LogP contribution is 2.27. The molecule has 0 aliphatic rings. The Bertz CT molecular complexity index is 584. The van der Waals surface area contributed by atoms with E-state index in [0.717, 1.165) is 27.8 Å². The van der Waals surface area contributed by atoms with E-state index in [9.17, 15) is 0 Å². The Morgan fingerprint density at radius 1 is 1.24 bits per heavy atom. The largest absolute Gasteiger partial charge is 0.492 e. The third-order valence-electron chi connectivity index (χ3n) is 3.10. The number of nitrogens with two attached hydrogens (primary N) is 1. The van der Waals surface area contributed by atoms with E-state index in [2.05, 4.69) is 58.4 Å². The monoisotopic (exact) mass is 349 g/mol. The molecule has 1 heterocycles. The molecule has 112 valence electrons. The molecule has 1 unspecified atom stereocenters. The van der Waals surface area contributed by atoms with Crippen LogP contribution in [-0.4, -0.2) is 11.6 Å². The molecule has 0 radical (unpaired) electrons. The Kier molecular flexibility index (Phi) is 5.73. The molecule has 0 saturated heterocycles. The SMILES string of the molecule is CCCOc1cncc(C(NN)c2cc(C)cc(Br)c2)c1. The zero-order valence-corrected chi connectivity index (χ0v) is 13.9. The van der Waals surface area contributed by atoms with E-state index in [1.807, 2.05) is 6.07 Å². The lowest BCUT2D eigenvalue weighted by Gasteiger charge is -2.18. The zero-order valence-electron chi connectivity index (χ0n) is 12.3. The number of ether oxygens (including phenoxy) is 1. The minimum Gasteiger partial charge on any atom is -0.492 e. The van der Waals surface area contributed by atoms with Crippen molar-refractivity contribution in [2.24, 2.45) is 5.84 Å². The maximum atomic E-state index is 5.75. The molecule has 0 aliphatic heterocycles. The Labute approximate surface area is 133 Å². The second kappa shape index (κ2) is 7.54. The van der Waals surface area contributed by atoms with Gasteiger partial charge in [0.05, 0.1) is 18.8 Å². The number of hydrazine groups is 1. The lowest BCUT2D eigenvalue weighted by atomic mass is 9.99. The summed E-state index contributed by atoms with van der Waals surface area (Å²) in [5.41, 5.74) is 6.09. The predicted molar refractivity (Wildman–Crippen MR) is 88.1 cm³/mol. The minimum atomic E-state index is -0.126. The van der Waals surface area contributed by atoms with Crippen LogP contribution in [0, 0.1) is 6.92 Å².